The van der Waals surface area contributed by atoms with Crippen LogP contribution in [0.3, 0.4) is 0 Å². The highest BCUT2D eigenvalue weighted by molar-refractivity contribution is 5.59. The standard InChI is InChI=1S/C11H12N4O2/c12-6-7-1-2-9(5-11(7)15(16)17)14-10-3-8(13)4-10/h1-2,5,8,10,14H,3-4,13H2. The lowest BCUT2D eigenvalue weighted by Gasteiger charge is -2.33. The minimum absolute atomic E-state index is 0.0749. The summed E-state index contributed by atoms with van der Waals surface area (Å²) >= 11 is 0. The number of nitrogens with zero attached hydrogens (tertiary/aromatic N) is 2. The van der Waals surface area contributed by atoms with Crippen LogP contribution in [0.4, 0.5) is 11.4 Å². The average Bonchev–Trinajstić information content (AvgIpc) is 2.27. The fraction of sp³-hybridized carbons (Fsp3) is 0.364. The van der Waals surface area contributed by atoms with Crippen molar-refractivity contribution in [3.63, 3.8) is 0 Å². The Morgan fingerprint density at radius 3 is 2.76 bits per heavy atom. The second-order valence-electron chi connectivity index (χ2n) is 4.17. The Hall–Kier alpha value is -2.13. The third-order valence-corrected chi connectivity index (χ3v) is 2.86. The molecule has 0 saturated heterocycles. The van der Waals surface area contributed by atoms with Gasteiger partial charge in [-0.1, -0.05) is 0 Å². The molecule has 0 spiro atoms. The van der Waals surface area contributed by atoms with Gasteiger partial charge in [-0.3, -0.25) is 10.1 Å². The van der Waals surface area contributed by atoms with Gasteiger partial charge in [0.15, 0.2) is 0 Å². The maximum Gasteiger partial charge on any atom is 0.289 e. The first-order chi connectivity index (χ1) is 8.10. The summed E-state index contributed by atoms with van der Waals surface area (Å²) in [4.78, 5) is 10.2. The Bertz CT molecular complexity index is 489. The number of nitro groups is 1. The van der Waals surface area contributed by atoms with Gasteiger partial charge in [0.1, 0.15) is 11.6 Å². The Morgan fingerprint density at radius 1 is 1.53 bits per heavy atom. The van der Waals surface area contributed by atoms with Crippen molar-refractivity contribution < 1.29 is 4.92 Å². The topological polar surface area (TPSA) is 105 Å². The monoisotopic (exact) mass is 232 g/mol. The first-order valence-electron chi connectivity index (χ1n) is 5.31. The van der Waals surface area contributed by atoms with Crippen LogP contribution in [-0.4, -0.2) is 17.0 Å². The lowest BCUT2D eigenvalue weighted by Crippen LogP contribution is -2.44. The highest BCUT2D eigenvalue weighted by Gasteiger charge is 2.26. The van der Waals surface area contributed by atoms with Crippen LogP contribution >= 0.6 is 0 Å². The summed E-state index contributed by atoms with van der Waals surface area (Å²) in [5.41, 5.74) is 6.22. The fourth-order valence-electron chi connectivity index (χ4n) is 1.88. The molecule has 3 N–H and O–H groups in total. The maximum absolute atomic E-state index is 10.8. The van der Waals surface area contributed by atoms with Gasteiger partial charge >= 0.3 is 0 Å². The SMILES string of the molecule is N#Cc1ccc(NC2CC(N)C2)cc1[N+](=O)[O-]. The second kappa shape index (κ2) is 4.39. The number of nitrogens with two attached hydrogens (primary N) is 1. The van der Waals surface area contributed by atoms with Crippen molar-refractivity contribution in [1.82, 2.24) is 0 Å². The van der Waals surface area contributed by atoms with E-state index in [0.717, 1.165) is 12.8 Å². The molecule has 17 heavy (non-hydrogen) atoms. The van der Waals surface area contributed by atoms with Crippen molar-refractivity contribution >= 4 is 11.4 Å². The van der Waals surface area contributed by atoms with E-state index in [2.05, 4.69) is 5.32 Å². The minimum Gasteiger partial charge on any atom is -0.382 e. The van der Waals surface area contributed by atoms with Gasteiger partial charge in [0.05, 0.1) is 4.92 Å². The molecule has 1 aromatic carbocycles. The zero-order valence-electron chi connectivity index (χ0n) is 9.09. The molecule has 0 heterocycles. The summed E-state index contributed by atoms with van der Waals surface area (Å²) < 4.78 is 0. The molecule has 0 aliphatic heterocycles. The van der Waals surface area contributed by atoms with Crippen LogP contribution in [0.25, 0.3) is 0 Å². The number of rotatable bonds is 3. The lowest BCUT2D eigenvalue weighted by atomic mass is 9.87. The van der Waals surface area contributed by atoms with Crippen molar-refractivity contribution in [3.8, 4) is 6.07 Å². The Morgan fingerprint density at radius 2 is 2.24 bits per heavy atom. The fourth-order valence-corrected chi connectivity index (χ4v) is 1.88. The lowest BCUT2D eigenvalue weighted by molar-refractivity contribution is -0.385. The summed E-state index contributed by atoms with van der Waals surface area (Å²) in [6, 6.07) is 6.83. The number of nitriles is 1. The van der Waals surface area contributed by atoms with E-state index < -0.39 is 4.92 Å². The summed E-state index contributed by atoms with van der Waals surface area (Å²) in [7, 11) is 0. The number of nitrogens with one attached hydrogen (secondary N) is 1. The Balaban J connectivity index is 2.17. The highest BCUT2D eigenvalue weighted by Crippen LogP contribution is 2.26. The van der Waals surface area contributed by atoms with Crippen LogP contribution in [0.1, 0.15) is 18.4 Å². The molecule has 88 valence electrons. The largest absolute Gasteiger partial charge is 0.382 e. The third kappa shape index (κ3) is 2.34. The summed E-state index contributed by atoms with van der Waals surface area (Å²) in [6.07, 6.45) is 1.74. The van der Waals surface area contributed by atoms with Crippen LogP contribution in [-0.2, 0) is 0 Å². The molecule has 1 saturated carbocycles. The quantitative estimate of drug-likeness (QED) is 0.604. The van der Waals surface area contributed by atoms with E-state index in [4.69, 9.17) is 11.0 Å². The van der Waals surface area contributed by atoms with Crippen LogP contribution in [0.2, 0.25) is 0 Å². The van der Waals surface area contributed by atoms with E-state index in [-0.39, 0.29) is 23.3 Å². The van der Waals surface area contributed by atoms with E-state index >= 15 is 0 Å². The summed E-state index contributed by atoms with van der Waals surface area (Å²) in [6.45, 7) is 0. The first-order valence-corrected chi connectivity index (χ1v) is 5.31. The van der Waals surface area contributed by atoms with Crippen LogP contribution in [0.5, 0.6) is 0 Å². The number of hydrogen-bond donors (Lipinski definition) is 2. The number of nitro benzene ring substituents is 1. The molecule has 0 bridgehead atoms. The average molecular weight is 232 g/mol. The van der Waals surface area contributed by atoms with Crippen LogP contribution < -0.4 is 11.1 Å². The molecule has 0 aromatic heterocycles. The smallest absolute Gasteiger partial charge is 0.289 e. The van der Waals surface area contributed by atoms with Crippen molar-refractivity contribution in [2.75, 3.05) is 5.32 Å². The molecule has 6 heteroatoms. The predicted octanol–water partition coefficient (Wildman–Crippen LogP) is 1.37. The number of hydrogen-bond acceptors (Lipinski definition) is 5. The van der Waals surface area contributed by atoms with Crippen LogP contribution in [0, 0.1) is 21.4 Å². The molecule has 6 nitrogen and oxygen atoms in total. The molecule has 1 aromatic rings. The molecular weight excluding hydrogens is 220 g/mol. The van der Waals surface area contributed by atoms with Crippen LogP contribution in [0.15, 0.2) is 18.2 Å². The van der Waals surface area contributed by atoms with Crippen molar-refractivity contribution in [2.45, 2.75) is 24.9 Å². The van der Waals surface area contributed by atoms with Gasteiger partial charge in [0, 0.05) is 23.8 Å². The molecule has 0 radical (unpaired) electrons. The van der Waals surface area contributed by atoms with E-state index in [1.807, 2.05) is 0 Å². The molecule has 1 fully saturated rings. The minimum atomic E-state index is -0.545. The van der Waals surface area contributed by atoms with Gasteiger partial charge in [0.2, 0.25) is 0 Å². The van der Waals surface area contributed by atoms with Gasteiger partial charge < -0.3 is 11.1 Å². The zero-order chi connectivity index (χ0) is 12.4. The normalized spacial score (nSPS) is 22.4. The van der Waals surface area contributed by atoms with Gasteiger partial charge in [-0.15, -0.1) is 0 Å². The van der Waals surface area contributed by atoms with Crippen molar-refractivity contribution in [1.29, 1.82) is 5.26 Å². The highest BCUT2D eigenvalue weighted by atomic mass is 16.6. The molecule has 0 unspecified atom stereocenters. The number of anilines is 1. The summed E-state index contributed by atoms with van der Waals surface area (Å²) in [5, 5.41) is 22.7. The van der Waals surface area contributed by atoms with E-state index in [1.165, 1.54) is 12.1 Å². The molecule has 0 amide bonds. The van der Waals surface area contributed by atoms with Gasteiger partial charge in [-0.25, -0.2) is 0 Å². The summed E-state index contributed by atoms with van der Waals surface area (Å²) in [5.74, 6) is 0. The van der Waals surface area contributed by atoms with E-state index in [1.54, 1.807) is 12.1 Å². The molecule has 1 aliphatic carbocycles. The molecule has 1 aliphatic rings. The van der Waals surface area contributed by atoms with E-state index in [9.17, 15) is 10.1 Å². The molecular formula is C11H12N4O2. The van der Waals surface area contributed by atoms with Gasteiger partial charge in [0.25, 0.3) is 5.69 Å². The van der Waals surface area contributed by atoms with Crippen molar-refractivity contribution in [2.24, 2.45) is 5.73 Å². The number of benzene rings is 1. The zero-order valence-corrected chi connectivity index (χ0v) is 9.09. The van der Waals surface area contributed by atoms with Gasteiger partial charge in [-0.05, 0) is 25.0 Å². The molecule has 2 rings (SSSR count). The Labute approximate surface area is 98.2 Å². The Kier molecular flexibility index (Phi) is 2.93. The molecule has 0 atom stereocenters. The predicted molar refractivity (Wildman–Crippen MR) is 62.4 cm³/mol. The third-order valence-electron chi connectivity index (χ3n) is 2.86. The van der Waals surface area contributed by atoms with Crippen molar-refractivity contribution in [3.05, 3.63) is 33.9 Å². The first kappa shape index (κ1) is 11.4. The maximum atomic E-state index is 10.8. The second-order valence-corrected chi connectivity index (χ2v) is 4.17. The van der Waals surface area contributed by atoms with Gasteiger partial charge in [-0.2, -0.15) is 5.26 Å². The van der Waals surface area contributed by atoms with E-state index in [0.29, 0.717) is 5.69 Å².